The summed E-state index contributed by atoms with van der Waals surface area (Å²) in [6.07, 6.45) is 0. The Kier molecular flexibility index (Phi) is 7.55. The minimum atomic E-state index is -4.27. The molecule has 0 unspecified atom stereocenters. The molecule has 1 amide bonds. The van der Waals surface area contributed by atoms with Gasteiger partial charge in [-0.15, -0.1) is 0 Å². The number of nitrogens with one attached hydrogen (secondary N) is 2. The largest absolute Gasteiger partial charge is 0.325 e. The molecular weight excluding hydrogens is 517 g/mol. The minimum absolute atomic E-state index is 0.0333. The van der Waals surface area contributed by atoms with Crippen LogP contribution in [0.1, 0.15) is 0 Å². The Labute approximate surface area is 214 Å². The van der Waals surface area contributed by atoms with Crippen LogP contribution in [0.25, 0.3) is 0 Å². The molecule has 37 heavy (non-hydrogen) atoms. The fourth-order valence-corrected chi connectivity index (χ4v) is 5.95. The molecule has 0 aliphatic carbocycles. The van der Waals surface area contributed by atoms with E-state index in [2.05, 4.69) is 10.0 Å². The molecule has 4 rings (SSSR count). The standard InChI is InChI=1S/C26H22FN3O5S2/c27-24-13-7-8-14-25(24)30(37(34,35)23-11-5-2-6-12-23)19-26(31)28-20-15-17-22(18-16-20)36(32,33)29-21-9-3-1-4-10-21/h1-18,29H,19H2,(H,28,31). The van der Waals surface area contributed by atoms with Crippen LogP contribution in [0, 0.1) is 5.82 Å². The van der Waals surface area contributed by atoms with E-state index in [0.717, 1.165) is 6.07 Å². The predicted octanol–water partition coefficient (Wildman–Crippen LogP) is 4.46. The van der Waals surface area contributed by atoms with Gasteiger partial charge in [-0.3, -0.25) is 13.8 Å². The lowest BCUT2D eigenvalue weighted by molar-refractivity contribution is -0.114. The molecule has 2 N–H and O–H groups in total. The summed E-state index contributed by atoms with van der Waals surface area (Å²) in [5.41, 5.74) is 0.344. The van der Waals surface area contributed by atoms with Crippen LogP contribution in [0.5, 0.6) is 0 Å². The molecule has 11 heteroatoms. The summed E-state index contributed by atoms with van der Waals surface area (Å²) >= 11 is 0. The molecular formula is C26H22FN3O5S2. The van der Waals surface area contributed by atoms with Gasteiger partial charge >= 0.3 is 0 Å². The Balaban J connectivity index is 1.53. The van der Waals surface area contributed by atoms with Crippen molar-refractivity contribution in [2.24, 2.45) is 0 Å². The molecule has 0 aliphatic heterocycles. The van der Waals surface area contributed by atoms with E-state index in [0.29, 0.717) is 9.99 Å². The van der Waals surface area contributed by atoms with Crippen LogP contribution in [0.15, 0.2) is 119 Å². The SMILES string of the molecule is O=C(CN(c1ccccc1F)S(=O)(=O)c1ccccc1)Nc1ccc(S(=O)(=O)Nc2ccccc2)cc1. The first-order valence-corrected chi connectivity index (χ1v) is 13.9. The first-order chi connectivity index (χ1) is 17.7. The molecule has 4 aromatic carbocycles. The number of carbonyl (C=O) groups excluding carboxylic acids is 1. The fourth-order valence-electron chi connectivity index (χ4n) is 3.44. The number of para-hydroxylation sites is 2. The van der Waals surface area contributed by atoms with E-state index in [4.69, 9.17) is 0 Å². The van der Waals surface area contributed by atoms with Crippen molar-refractivity contribution in [2.45, 2.75) is 9.79 Å². The van der Waals surface area contributed by atoms with Gasteiger partial charge in [0.05, 0.1) is 15.5 Å². The van der Waals surface area contributed by atoms with Gasteiger partial charge < -0.3 is 5.32 Å². The van der Waals surface area contributed by atoms with Crippen LogP contribution in [-0.2, 0) is 24.8 Å². The molecule has 190 valence electrons. The first kappa shape index (κ1) is 25.9. The van der Waals surface area contributed by atoms with Gasteiger partial charge in [-0.25, -0.2) is 21.2 Å². The molecule has 0 aromatic heterocycles. The highest BCUT2D eigenvalue weighted by Gasteiger charge is 2.29. The molecule has 0 saturated carbocycles. The quantitative estimate of drug-likeness (QED) is 0.326. The van der Waals surface area contributed by atoms with Gasteiger partial charge in [0.15, 0.2) is 0 Å². The summed E-state index contributed by atoms with van der Waals surface area (Å²) in [6.45, 7) is -0.715. The molecule has 8 nitrogen and oxygen atoms in total. The predicted molar refractivity (Wildman–Crippen MR) is 140 cm³/mol. The molecule has 0 radical (unpaired) electrons. The van der Waals surface area contributed by atoms with Crippen molar-refractivity contribution in [1.82, 2.24) is 0 Å². The molecule has 4 aromatic rings. The average Bonchev–Trinajstić information content (AvgIpc) is 2.89. The molecule has 0 atom stereocenters. The number of carbonyl (C=O) groups is 1. The average molecular weight is 540 g/mol. The van der Waals surface area contributed by atoms with Crippen LogP contribution >= 0.6 is 0 Å². The molecule has 0 bridgehead atoms. The van der Waals surface area contributed by atoms with E-state index in [9.17, 15) is 26.0 Å². The van der Waals surface area contributed by atoms with E-state index >= 15 is 0 Å². The molecule has 0 heterocycles. The maximum atomic E-state index is 14.6. The van der Waals surface area contributed by atoms with Crippen molar-refractivity contribution in [1.29, 1.82) is 0 Å². The van der Waals surface area contributed by atoms with E-state index in [1.165, 1.54) is 66.7 Å². The third-order valence-electron chi connectivity index (χ3n) is 5.21. The first-order valence-electron chi connectivity index (χ1n) is 11.0. The smallest absolute Gasteiger partial charge is 0.264 e. The summed E-state index contributed by atoms with van der Waals surface area (Å²) in [4.78, 5) is 12.7. The van der Waals surface area contributed by atoms with Crippen LogP contribution in [-0.4, -0.2) is 29.3 Å². The molecule has 0 aliphatic rings. The van der Waals surface area contributed by atoms with Gasteiger partial charge in [0, 0.05) is 11.4 Å². The molecule has 0 spiro atoms. The Morgan fingerprint density at radius 2 is 1.24 bits per heavy atom. The Morgan fingerprint density at radius 1 is 0.676 bits per heavy atom. The number of amides is 1. The second-order valence-electron chi connectivity index (χ2n) is 7.82. The van der Waals surface area contributed by atoms with Gasteiger partial charge in [0.1, 0.15) is 12.4 Å². The lowest BCUT2D eigenvalue weighted by atomic mass is 10.3. The number of halogens is 1. The third kappa shape index (κ3) is 6.13. The summed E-state index contributed by atoms with van der Waals surface area (Å²) in [6, 6.07) is 26.3. The monoisotopic (exact) mass is 539 g/mol. The summed E-state index contributed by atoms with van der Waals surface area (Å²) in [7, 11) is -8.14. The van der Waals surface area contributed by atoms with Gasteiger partial charge in [0.2, 0.25) is 5.91 Å². The molecule has 0 saturated heterocycles. The number of benzene rings is 4. The second kappa shape index (κ2) is 10.8. The van der Waals surface area contributed by atoms with Crippen molar-refractivity contribution >= 4 is 43.0 Å². The van der Waals surface area contributed by atoms with Crippen LogP contribution in [0.2, 0.25) is 0 Å². The topological polar surface area (TPSA) is 113 Å². The van der Waals surface area contributed by atoms with Crippen molar-refractivity contribution < 1.29 is 26.0 Å². The number of anilines is 3. The van der Waals surface area contributed by atoms with Crippen molar-refractivity contribution in [3.05, 3.63) is 115 Å². The second-order valence-corrected chi connectivity index (χ2v) is 11.4. The Morgan fingerprint density at radius 3 is 1.86 bits per heavy atom. The lowest BCUT2D eigenvalue weighted by Gasteiger charge is -2.24. The number of nitrogens with zero attached hydrogens (tertiary/aromatic N) is 1. The van der Waals surface area contributed by atoms with Crippen molar-refractivity contribution in [3.63, 3.8) is 0 Å². The highest BCUT2D eigenvalue weighted by atomic mass is 32.2. The number of sulfonamides is 2. The zero-order chi connectivity index (χ0) is 26.5. The van der Waals surface area contributed by atoms with E-state index in [1.807, 2.05) is 0 Å². The van der Waals surface area contributed by atoms with Gasteiger partial charge in [0.25, 0.3) is 20.0 Å². The normalized spacial score (nSPS) is 11.5. The van der Waals surface area contributed by atoms with Crippen LogP contribution in [0.3, 0.4) is 0 Å². The Bertz CT molecular complexity index is 1600. The van der Waals surface area contributed by atoms with Gasteiger partial charge in [-0.2, -0.15) is 0 Å². The zero-order valence-corrected chi connectivity index (χ0v) is 20.9. The van der Waals surface area contributed by atoms with E-state index < -0.39 is 38.3 Å². The van der Waals surface area contributed by atoms with E-state index in [1.54, 1.807) is 36.4 Å². The van der Waals surface area contributed by atoms with E-state index in [-0.39, 0.29) is 21.2 Å². The maximum absolute atomic E-state index is 14.6. The van der Waals surface area contributed by atoms with Crippen LogP contribution < -0.4 is 14.3 Å². The summed E-state index contributed by atoms with van der Waals surface area (Å²) in [5, 5.41) is 2.53. The third-order valence-corrected chi connectivity index (χ3v) is 8.39. The zero-order valence-electron chi connectivity index (χ0n) is 19.3. The highest BCUT2D eigenvalue weighted by Crippen LogP contribution is 2.26. The minimum Gasteiger partial charge on any atom is -0.325 e. The Hall–Kier alpha value is -4.22. The summed E-state index contributed by atoms with van der Waals surface area (Å²) < 4.78 is 69.5. The van der Waals surface area contributed by atoms with Gasteiger partial charge in [-0.1, -0.05) is 48.5 Å². The fraction of sp³-hybridized carbons (Fsp3) is 0.0385. The summed E-state index contributed by atoms with van der Waals surface area (Å²) in [5.74, 6) is -1.56. The van der Waals surface area contributed by atoms with Crippen LogP contribution in [0.4, 0.5) is 21.5 Å². The highest BCUT2D eigenvalue weighted by molar-refractivity contribution is 7.93. The number of hydrogen-bond donors (Lipinski definition) is 2. The number of rotatable bonds is 9. The van der Waals surface area contributed by atoms with Gasteiger partial charge in [-0.05, 0) is 60.7 Å². The molecule has 0 fully saturated rings. The maximum Gasteiger partial charge on any atom is 0.264 e. The van der Waals surface area contributed by atoms with Crippen molar-refractivity contribution in [3.8, 4) is 0 Å². The van der Waals surface area contributed by atoms with Crippen molar-refractivity contribution in [2.75, 3.05) is 20.9 Å². The number of hydrogen-bond acceptors (Lipinski definition) is 5. The lowest BCUT2D eigenvalue weighted by Crippen LogP contribution is -2.38.